The topological polar surface area (TPSA) is 38.0 Å². The summed E-state index contributed by atoms with van der Waals surface area (Å²) < 4.78 is 1.23. The Morgan fingerprint density at radius 2 is 2.21 bits per heavy atom. The van der Waals surface area contributed by atoms with Gasteiger partial charge in [0.2, 0.25) is 0 Å². The quantitative estimate of drug-likeness (QED) is 0.866. The van der Waals surface area contributed by atoms with Crippen LogP contribution in [0.3, 0.4) is 0 Å². The summed E-state index contributed by atoms with van der Waals surface area (Å²) in [7, 11) is 0. The van der Waals surface area contributed by atoms with Crippen molar-refractivity contribution in [2.75, 3.05) is 6.54 Å². The van der Waals surface area contributed by atoms with Crippen LogP contribution in [0.15, 0.2) is 15.9 Å². The van der Waals surface area contributed by atoms with E-state index in [-0.39, 0.29) is 0 Å². The minimum atomic E-state index is 0.331. The summed E-state index contributed by atoms with van der Waals surface area (Å²) in [6.45, 7) is 9.13. The van der Waals surface area contributed by atoms with Crippen LogP contribution in [0.2, 0.25) is 0 Å². The maximum absolute atomic E-state index is 6.22. The van der Waals surface area contributed by atoms with Gasteiger partial charge in [0, 0.05) is 21.9 Å². The Bertz CT molecular complexity index is 416. The molecule has 0 radical (unpaired) electrons. The van der Waals surface area contributed by atoms with E-state index in [0.29, 0.717) is 17.4 Å². The molecule has 1 aliphatic rings. The van der Waals surface area contributed by atoms with E-state index in [1.165, 1.54) is 22.2 Å². The van der Waals surface area contributed by atoms with Gasteiger partial charge < -0.3 is 11.1 Å². The number of hydrogen-bond donors (Lipinski definition) is 2. The third kappa shape index (κ3) is 3.41. The minimum Gasteiger partial charge on any atom is -0.327 e. The van der Waals surface area contributed by atoms with Crippen LogP contribution in [0.25, 0.3) is 0 Å². The van der Waals surface area contributed by atoms with Crippen molar-refractivity contribution in [2.24, 2.45) is 23.0 Å². The van der Waals surface area contributed by atoms with Gasteiger partial charge in [0.15, 0.2) is 0 Å². The molecule has 1 fully saturated rings. The number of nitrogens with two attached hydrogens (primary N) is 1. The maximum atomic E-state index is 6.22. The van der Waals surface area contributed by atoms with Crippen LogP contribution in [0.4, 0.5) is 0 Å². The second-order valence-electron chi connectivity index (χ2n) is 6.37. The second kappa shape index (κ2) is 6.25. The fourth-order valence-electron chi connectivity index (χ4n) is 3.12. The number of hydrogen-bond acceptors (Lipinski definition) is 3. The van der Waals surface area contributed by atoms with E-state index in [1.807, 2.05) is 11.3 Å². The molecule has 0 aliphatic heterocycles. The highest BCUT2D eigenvalue weighted by molar-refractivity contribution is 9.10. The lowest BCUT2D eigenvalue weighted by atomic mass is 9.61. The summed E-state index contributed by atoms with van der Waals surface area (Å²) in [5.41, 5.74) is 6.55. The van der Waals surface area contributed by atoms with E-state index in [1.54, 1.807) is 0 Å². The fourth-order valence-corrected chi connectivity index (χ4v) is 4.58. The van der Waals surface area contributed by atoms with E-state index in [9.17, 15) is 0 Å². The minimum absolute atomic E-state index is 0.331. The average Bonchev–Trinajstić information content (AvgIpc) is 2.76. The lowest BCUT2D eigenvalue weighted by Crippen LogP contribution is -2.49. The predicted molar refractivity (Wildman–Crippen MR) is 87.4 cm³/mol. The molecule has 0 amide bonds. The van der Waals surface area contributed by atoms with Crippen molar-refractivity contribution in [1.29, 1.82) is 0 Å². The zero-order valence-corrected chi connectivity index (χ0v) is 14.5. The molecule has 0 saturated heterocycles. The van der Waals surface area contributed by atoms with Gasteiger partial charge >= 0.3 is 0 Å². The maximum Gasteiger partial charge on any atom is 0.0327 e. The largest absolute Gasteiger partial charge is 0.327 e. The first-order valence-corrected chi connectivity index (χ1v) is 8.78. The Morgan fingerprint density at radius 1 is 1.47 bits per heavy atom. The van der Waals surface area contributed by atoms with Crippen molar-refractivity contribution in [3.8, 4) is 0 Å². The van der Waals surface area contributed by atoms with Crippen molar-refractivity contribution >= 4 is 27.3 Å². The third-order valence-electron chi connectivity index (χ3n) is 5.08. The van der Waals surface area contributed by atoms with Gasteiger partial charge in [0.1, 0.15) is 0 Å². The molecule has 2 nitrogen and oxygen atoms in total. The van der Waals surface area contributed by atoms with Gasteiger partial charge in [0.25, 0.3) is 0 Å². The number of halogens is 1. The summed E-state index contributed by atoms with van der Waals surface area (Å²) in [4.78, 5) is 1.39. The highest BCUT2D eigenvalue weighted by Gasteiger charge is 2.41. The Kier molecular flexibility index (Phi) is 5.09. The molecule has 1 aromatic heterocycles. The van der Waals surface area contributed by atoms with Crippen LogP contribution in [-0.4, -0.2) is 12.6 Å². The van der Waals surface area contributed by atoms with Gasteiger partial charge in [0.05, 0.1) is 0 Å². The molecule has 1 aromatic rings. The van der Waals surface area contributed by atoms with Crippen molar-refractivity contribution in [2.45, 2.75) is 46.2 Å². The molecule has 1 heterocycles. The van der Waals surface area contributed by atoms with Crippen LogP contribution < -0.4 is 11.1 Å². The van der Waals surface area contributed by atoms with Gasteiger partial charge in [-0.1, -0.05) is 20.8 Å². The van der Waals surface area contributed by atoms with Crippen LogP contribution in [-0.2, 0) is 6.54 Å². The first-order valence-electron chi connectivity index (χ1n) is 7.11. The highest BCUT2D eigenvalue weighted by atomic mass is 79.9. The Balaban J connectivity index is 1.87. The molecule has 108 valence electrons. The van der Waals surface area contributed by atoms with Crippen molar-refractivity contribution in [3.05, 3.63) is 20.8 Å². The fraction of sp³-hybridized carbons (Fsp3) is 0.733. The van der Waals surface area contributed by atoms with Gasteiger partial charge in [-0.05, 0) is 64.0 Å². The van der Waals surface area contributed by atoms with Gasteiger partial charge in [-0.15, -0.1) is 11.3 Å². The molecule has 3 N–H and O–H groups in total. The summed E-state index contributed by atoms with van der Waals surface area (Å²) >= 11 is 5.39. The molecule has 0 aromatic carbocycles. The molecular formula is C15H25BrN2S. The Hall–Kier alpha value is 0.100. The molecule has 2 rings (SSSR count). The monoisotopic (exact) mass is 344 g/mol. The first kappa shape index (κ1) is 15.5. The van der Waals surface area contributed by atoms with Crippen LogP contribution in [0, 0.1) is 17.3 Å². The number of rotatable bonds is 4. The molecule has 3 unspecified atom stereocenters. The lowest BCUT2D eigenvalue weighted by Gasteiger charge is -2.47. The van der Waals surface area contributed by atoms with E-state index < -0.39 is 0 Å². The van der Waals surface area contributed by atoms with E-state index in [0.717, 1.165) is 19.0 Å². The van der Waals surface area contributed by atoms with Gasteiger partial charge in [-0.2, -0.15) is 0 Å². The molecule has 19 heavy (non-hydrogen) atoms. The van der Waals surface area contributed by atoms with Crippen molar-refractivity contribution < 1.29 is 0 Å². The van der Waals surface area contributed by atoms with Crippen LogP contribution in [0.1, 0.15) is 38.5 Å². The molecular weight excluding hydrogens is 320 g/mol. The smallest absolute Gasteiger partial charge is 0.0327 e. The molecule has 4 heteroatoms. The first-order chi connectivity index (χ1) is 8.93. The molecule has 0 bridgehead atoms. The van der Waals surface area contributed by atoms with E-state index in [2.05, 4.69) is 53.5 Å². The number of thiophene rings is 1. The van der Waals surface area contributed by atoms with Crippen LogP contribution >= 0.6 is 27.3 Å². The highest BCUT2D eigenvalue weighted by Crippen LogP contribution is 2.44. The summed E-state index contributed by atoms with van der Waals surface area (Å²) in [6.07, 6.45) is 2.41. The van der Waals surface area contributed by atoms with Crippen molar-refractivity contribution in [3.63, 3.8) is 0 Å². The normalized spacial score (nSPS) is 30.5. The van der Waals surface area contributed by atoms with Gasteiger partial charge in [-0.25, -0.2) is 0 Å². The SMILES string of the molecule is CC1C(N)CCC(CNCc2sccc2Br)C1(C)C. The Labute approximate surface area is 129 Å². The standard InChI is InChI=1S/C15H25BrN2S/c1-10-13(17)5-4-11(15(10,2)3)8-18-9-14-12(16)6-7-19-14/h6-7,10-11,13,18H,4-5,8-9,17H2,1-3H3. The van der Waals surface area contributed by atoms with E-state index in [4.69, 9.17) is 5.73 Å². The third-order valence-corrected chi connectivity index (χ3v) is 7.01. The zero-order valence-electron chi connectivity index (χ0n) is 12.1. The molecule has 0 spiro atoms. The second-order valence-corrected chi connectivity index (χ2v) is 8.23. The van der Waals surface area contributed by atoms with Gasteiger partial charge in [-0.3, -0.25) is 0 Å². The predicted octanol–water partition coefficient (Wildman–Crippen LogP) is 4.00. The van der Waals surface area contributed by atoms with Crippen LogP contribution in [0.5, 0.6) is 0 Å². The average molecular weight is 345 g/mol. The zero-order chi connectivity index (χ0) is 14.0. The van der Waals surface area contributed by atoms with Crippen molar-refractivity contribution in [1.82, 2.24) is 5.32 Å². The Morgan fingerprint density at radius 3 is 2.84 bits per heavy atom. The number of nitrogens with one attached hydrogen (secondary N) is 1. The summed E-state index contributed by atoms with van der Waals surface area (Å²) in [6, 6.07) is 2.49. The summed E-state index contributed by atoms with van der Waals surface area (Å²) in [5, 5.41) is 5.76. The van der Waals surface area contributed by atoms with E-state index >= 15 is 0 Å². The lowest BCUT2D eigenvalue weighted by molar-refractivity contribution is 0.0539. The summed E-state index contributed by atoms with van der Waals surface area (Å²) in [5.74, 6) is 1.32. The molecule has 1 saturated carbocycles. The molecule has 1 aliphatic carbocycles. The molecule has 3 atom stereocenters.